The monoisotopic (exact) mass is 266 g/mol. The van der Waals surface area contributed by atoms with Crippen LogP contribution in [-0.4, -0.2) is 5.11 Å². The number of aliphatic hydroxyl groups excluding tert-OH is 1. The number of rotatable bonds is 2. The quantitative estimate of drug-likeness (QED) is 0.854. The fraction of sp³-hybridized carbons (Fsp3) is 0.286. The lowest BCUT2D eigenvalue weighted by atomic mass is 10.0. The van der Waals surface area contributed by atoms with Gasteiger partial charge in [0, 0.05) is 14.8 Å². The first-order valence-corrected chi connectivity index (χ1v) is 6.69. The highest BCUT2D eigenvalue weighted by atomic mass is 35.5. The molecular weight excluding hydrogens is 252 g/mol. The molecule has 3 heteroatoms. The van der Waals surface area contributed by atoms with Gasteiger partial charge in [0.15, 0.2) is 0 Å². The number of thiophene rings is 1. The highest BCUT2D eigenvalue weighted by Crippen LogP contribution is 2.33. The van der Waals surface area contributed by atoms with E-state index >= 15 is 0 Å². The third-order valence-electron chi connectivity index (χ3n) is 2.85. The predicted molar refractivity (Wildman–Crippen MR) is 74.0 cm³/mol. The molecule has 0 bridgehead atoms. The molecule has 1 aromatic carbocycles. The van der Waals surface area contributed by atoms with Gasteiger partial charge in [0.05, 0.1) is 0 Å². The summed E-state index contributed by atoms with van der Waals surface area (Å²) >= 11 is 7.57. The molecule has 1 heterocycles. The van der Waals surface area contributed by atoms with E-state index in [9.17, 15) is 5.11 Å². The number of halogens is 1. The molecule has 2 aromatic rings. The zero-order valence-electron chi connectivity index (χ0n) is 10.1. The molecule has 0 aliphatic rings. The van der Waals surface area contributed by atoms with Gasteiger partial charge in [-0.15, -0.1) is 11.3 Å². The summed E-state index contributed by atoms with van der Waals surface area (Å²) in [5.41, 5.74) is 3.10. The number of hydrogen-bond acceptors (Lipinski definition) is 2. The van der Waals surface area contributed by atoms with Crippen LogP contribution in [0.25, 0.3) is 0 Å². The van der Waals surface area contributed by atoms with Gasteiger partial charge in [-0.3, -0.25) is 0 Å². The second kappa shape index (κ2) is 4.81. The average molecular weight is 267 g/mol. The van der Waals surface area contributed by atoms with Crippen molar-refractivity contribution in [1.29, 1.82) is 0 Å². The summed E-state index contributed by atoms with van der Waals surface area (Å²) in [6.45, 7) is 6.07. The third kappa shape index (κ3) is 2.54. The molecule has 0 aliphatic heterocycles. The van der Waals surface area contributed by atoms with Crippen molar-refractivity contribution < 1.29 is 5.11 Å². The lowest BCUT2D eigenvalue weighted by molar-refractivity contribution is 0.223. The van der Waals surface area contributed by atoms with Crippen molar-refractivity contribution in [2.24, 2.45) is 0 Å². The zero-order chi connectivity index (χ0) is 12.6. The summed E-state index contributed by atoms with van der Waals surface area (Å²) in [6, 6.07) is 7.71. The summed E-state index contributed by atoms with van der Waals surface area (Å²) in [7, 11) is 0. The lowest BCUT2D eigenvalue weighted by Crippen LogP contribution is -2.01. The number of benzene rings is 1. The summed E-state index contributed by atoms with van der Waals surface area (Å²) < 4.78 is 0. The van der Waals surface area contributed by atoms with Crippen molar-refractivity contribution in [2.45, 2.75) is 26.9 Å². The van der Waals surface area contributed by atoms with Crippen molar-refractivity contribution in [3.05, 3.63) is 55.7 Å². The van der Waals surface area contributed by atoms with E-state index in [1.165, 1.54) is 4.88 Å². The second-order valence-electron chi connectivity index (χ2n) is 4.31. The smallest absolute Gasteiger partial charge is 0.114 e. The fourth-order valence-corrected chi connectivity index (χ4v) is 3.29. The van der Waals surface area contributed by atoms with Gasteiger partial charge in [0.2, 0.25) is 0 Å². The molecule has 1 aromatic heterocycles. The maximum absolute atomic E-state index is 10.4. The lowest BCUT2D eigenvalue weighted by Gasteiger charge is -2.13. The van der Waals surface area contributed by atoms with Crippen LogP contribution in [0.3, 0.4) is 0 Å². The van der Waals surface area contributed by atoms with Crippen LogP contribution in [0.5, 0.6) is 0 Å². The molecule has 0 fully saturated rings. The molecule has 1 nitrogen and oxygen atoms in total. The summed E-state index contributed by atoms with van der Waals surface area (Å²) in [4.78, 5) is 2.25. The molecule has 0 saturated carbocycles. The highest BCUT2D eigenvalue weighted by Gasteiger charge is 2.17. The van der Waals surface area contributed by atoms with Crippen molar-refractivity contribution >= 4 is 22.9 Å². The van der Waals surface area contributed by atoms with E-state index in [1.807, 2.05) is 32.0 Å². The van der Waals surface area contributed by atoms with Crippen LogP contribution in [0.2, 0.25) is 5.02 Å². The number of aryl methyl sites for hydroxylation is 3. The molecular formula is C14H15ClOS. The van der Waals surface area contributed by atoms with Gasteiger partial charge in [-0.1, -0.05) is 17.7 Å². The third-order valence-corrected chi connectivity index (χ3v) is 4.29. The standard InChI is InChI=1S/C14H15ClOS/c1-8-7-11(15)4-5-12(8)13(16)14-9(2)6-10(3)17-14/h4-7,13,16H,1-3H3. The first-order chi connectivity index (χ1) is 7.99. The Hall–Kier alpha value is -0.830. The Kier molecular flexibility index (Phi) is 3.57. The molecule has 0 saturated heterocycles. The minimum atomic E-state index is -0.550. The minimum absolute atomic E-state index is 0.550. The molecule has 2 rings (SSSR count). The van der Waals surface area contributed by atoms with Crippen LogP contribution in [0.1, 0.15) is 32.5 Å². The van der Waals surface area contributed by atoms with Crippen molar-refractivity contribution in [1.82, 2.24) is 0 Å². The van der Waals surface area contributed by atoms with E-state index in [1.54, 1.807) is 11.3 Å². The molecule has 17 heavy (non-hydrogen) atoms. The summed E-state index contributed by atoms with van der Waals surface area (Å²) in [6.07, 6.45) is -0.550. The van der Waals surface area contributed by atoms with Crippen LogP contribution >= 0.6 is 22.9 Å². The predicted octanol–water partition coefficient (Wildman–Crippen LogP) is 4.41. The van der Waals surface area contributed by atoms with E-state index in [0.29, 0.717) is 5.02 Å². The van der Waals surface area contributed by atoms with Gasteiger partial charge in [-0.25, -0.2) is 0 Å². The molecule has 0 spiro atoms. The zero-order valence-corrected chi connectivity index (χ0v) is 11.7. The first kappa shape index (κ1) is 12.6. The molecule has 90 valence electrons. The van der Waals surface area contributed by atoms with Crippen molar-refractivity contribution in [3.63, 3.8) is 0 Å². The largest absolute Gasteiger partial charge is 0.383 e. The minimum Gasteiger partial charge on any atom is -0.383 e. The summed E-state index contributed by atoms with van der Waals surface area (Å²) in [5, 5.41) is 11.1. The Morgan fingerprint density at radius 1 is 1.12 bits per heavy atom. The Labute approximate surface area is 111 Å². The van der Waals surface area contributed by atoms with Crippen LogP contribution < -0.4 is 0 Å². The molecule has 0 aliphatic carbocycles. The van der Waals surface area contributed by atoms with Gasteiger partial charge < -0.3 is 5.11 Å². The number of aliphatic hydroxyl groups is 1. The Morgan fingerprint density at radius 2 is 1.82 bits per heavy atom. The Balaban J connectivity index is 2.43. The Bertz CT molecular complexity index is 545. The molecule has 1 N–H and O–H groups in total. The maximum Gasteiger partial charge on any atom is 0.114 e. The van der Waals surface area contributed by atoms with Crippen LogP contribution in [-0.2, 0) is 0 Å². The van der Waals surface area contributed by atoms with Gasteiger partial charge in [-0.2, -0.15) is 0 Å². The van der Waals surface area contributed by atoms with Crippen molar-refractivity contribution in [3.8, 4) is 0 Å². The molecule has 1 unspecified atom stereocenters. The van der Waals surface area contributed by atoms with Crippen LogP contribution in [0.4, 0.5) is 0 Å². The van der Waals surface area contributed by atoms with E-state index in [-0.39, 0.29) is 0 Å². The van der Waals surface area contributed by atoms with Gasteiger partial charge in [0.25, 0.3) is 0 Å². The van der Waals surface area contributed by atoms with E-state index in [4.69, 9.17) is 11.6 Å². The van der Waals surface area contributed by atoms with Crippen LogP contribution in [0.15, 0.2) is 24.3 Å². The molecule has 0 radical (unpaired) electrons. The topological polar surface area (TPSA) is 20.2 Å². The normalized spacial score (nSPS) is 12.8. The second-order valence-corrected chi connectivity index (χ2v) is 6.03. The summed E-state index contributed by atoms with van der Waals surface area (Å²) in [5.74, 6) is 0. The van der Waals surface area contributed by atoms with E-state index in [2.05, 4.69) is 13.0 Å². The first-order valence-electron chi connectivity index (χ1n) is 5.50. The fourth-order valence-electron chi connectivity index (χ4n) is 2.02. The molecule has 1 atom stereocenters. The van der Waals surface area contributed by atoms with E-state index in [0.717, 1.165) is 21.6 Å². The molecule has 0 amide bonds. The van der Waals surface area contributed by atoms with Crippen LogP contribution in [0, 0.1) is 20.8 Å². The highest BCUT2D eigenvalue weighted by molar-refractivity contribution is 7.12. The van der Waals surface area contributed by atoms with Gasteiger partial charge >= 0.3 is 0 Å². The van der Waals surface area contributed by atoms with Gasteiger partial charge in [0.1, 0.15) is 6.10 Å². The Morgan fingerprint density at radius 3 is 2.35 bits per heavy atom. The van der Waals surface area contributed by atoms with E-state index < -0.39 is 6.10 Å². The average Bonchev–Trinajstić information content (AvgIpc) is 2.57. The van der Waals surface area contributed by atoms with Gasteiger partial charge in [-0.05, 0) is 55.7 Å². The number of hydrogen-bond donors (Lipinski definition) is 1. The maximum atomic E-state index is 10.4. The van der Waals surface area contributed by atoms with Crippen molar-refractivity contribution in [2.75, 3.05) is 0 Å². The SMILES string of the molecule is Cc1cc(C)c(C(O)c2ccc(Cl)cc2C)s1.